The van der Waals surface area contributed by atoms with Gasteiger partial charge in [-0.1, -0.05) is 30.3 Å². The zero-order chi connectivity index (χ0) is 13.9. The van der Waals surface area contributed by atoms with Gasteiger partial charge in [-0.3, -0.25) is 4.79 Å². The summed E-state index contributed by atoms with van der Waals surface area (Å²) in [5, 5.41) is 2.77. The van der Waals surface area contributed by atoms with Gasteiger partial charge >= 0.3 is 0 Å². The molecule has 0 spiro atoms. The molecule has 1 aliphatic heterocycles. The van der Waals surface area contributed by atoms with E-state index in [2.05, 4.69) is 5.32 Å². The summed E-state index contributed by atoms with van der Waals surface area (Å²) in [5.41, 5.74) is 7.33. The Bertz CT molecular complexity index is 628. The SMILES string of the molecule is NC(C(=O)Nc1ccc2c(c1)OCO2)c1ccccc1. The first-order chi connectivity index (χ1) is 9.74. The molecule has 0 saturated carbocycles. The summed E-state index contributed by atoms with van der Waals surface area (Å²) >= 11 is 0. The minimum Gasteiger partial charge on any atom is -0.454 e. The lowest BCUT2D eigenvalue weighted by Crippen LogP contribution is -2.27. The van der Waals surface area contributed by atoms with Crippen LogP contribution in [0.1, 0.15) is 11.6 Å². The number of amides is 1. The maximum absolute atomic E-state index is 12.1. The summed E-state index contributed by atoms with van der Waals surface area (Å²) < 4.78 is 10.5. The molecule has 5 heteroatoms. The van der Waals surface area contributed by atoms with E-state index in [0.717, 1.165) is 5.56 Å². The Morgan fingerprint density at radius 2 is 1.85 bits per heavy atom. The molecular weight excluding hydrogens is 256 g/mol. The summed E-state index contributed by atoms with van der Waals surface area (Å²) in [5.74, 6) is 1.03. The third-order valence-electron chi connectivity index (χ3n) is 3.08. The van der Waals surface area contributed by atoms with E-state index in [1.807, 2.05) is 30.3 Å². The Hall–Kier alpha value is -2.53. The van der Waals surface area contributed by atoms with Crippen LogP contribution in [-0.4, -0.2) is 12.7 Å². The average Bonchev–Trinajstić information content (AvgIpc) is 2.95. The summed E-state index contributed by atoms with van der Waals surface area (Å²) in [4.78, 5) is 12.1. The first kappa shape index (κ1) is 12.5. The molecule has 0 aliphatic carbocycles. The van der Waals surface area contributed by atoms with Crippen LogP contribution in [0.15, 0.2) is 48.5 Å². The van der Waals surface area contributed by atoms with Crippen LogP contribution in [0.25, 0.3) is 0 Å². The smallest absolute Gasteiger partial charge is 0.245 e. The summed E-state index contributed by atoms with van der Waals surface area (Å²) in [6, 6.07) is 13.8. The van der Waals surface area contributed by atoms with Gasteiger partial charge in [-0.15, -0.1) is 0 Å². The van der Waals surface area contributed by atoms with Gasteiger partial charge in [0.2, 0.25) is 12.7 Å². The highest BCUT2D eigenvalue weighted by Crippen LogP contribution is 2.34. The lowest BCUT2D eigenvalue weighted by atomic mass is 10.1. The van der Waals surface area contributed by atoms with Gasteiger partial charge in [-0.2, -0.15) is 0 Å². The van der Waals surface area contributed by atoms with Gasteiger partial charge in [0, 0.05) is 11.8 Å². The number of nitrogens with one attached hydrogen (secondary N) is 1. The van der Waals surface area contributed by atoms with Crippen molar-refractivity contribution in [2.45, 2.75) is 6.04 Å². The van der Waals surface area contributed by atoms with E-state index in [1.165, 1.54) is 0 Å². The van der Waals surface area contributed by atoms with E-state index in [1.54, 1.807) is 18.2 Å². The van der Waals surface area contributed by atoms with Gasteiger partial charge in [0.15, 0.2) is 11.5 Å². The molecule has 0 fully saturated rings. The topological polar surface area (TPSA) is 73.6 Å². The van der Waals surface area contributed by atoms with E-state index in [9.17, 15) is 4.79 Å². The zero-order valence-electron chi connectivity index (χ0n) is 10.7. The Morgan fingerprint density at radius 3 is 2.65 bits per heavy atom. The van der Waals surface area contributed by atoms with Crippen molar-refractivity contribution < 1.29 is 14.3 Å². The van der Waals surface area contributed by atoms with Crippen molar-refractivity contribution >= 4 is 11.6 Å². The predicted molar refractivity (Wildman–Crippen MR) is 74.6 cm³/mol. The van der Waals surface area contributed by atoms with Crippen LogP contribution in [0.5, 0.6) is 11.5 Å². The fraction of sp³-hybridized carbons (Fsp3) is 0.133. The molecular formula is C15H14N2O3. The molecule has 0 radical (unpaired) electrons. The van der Waals surface area contributed by atoms with Gasteiger partial charge in [0.1, 0.15) is 6.04 Å². The molecule has 3 N–H and O–H groups in total. The number of anilines is 1. The molecule has 2 aromatic carbocycles. The van der Waals surface area contributed by atoms with Crippen molar-refractivity contribution in [1.29, 1.82) is 0 Å². The van der Waals surface area contributed by atoms with Crippen LogP contribution in [-0.2, 0) is 4.79 Å². The molecule has 2 aromatic rings. The molecule has 102 valence electrons. The van der Waals surface area contributed by atoms with Gasteiger partial charge in [-0.25, -0.2) is 0 Å². The Balaban J connectivity index is 1.73. The third kappa shape index (κ3) is 2.44. The van der Waals surface area contributed by atoms with Gasteiger partial charge in [0.05, 0.1) is 0 Å². The highest BCUT2D eigenvalue weighted by molar-refractivity contribution is 5.95. The predicted octanol–water partition coefficient (Wildman–Crippen LogP) is 2.05. The number of carbonyl (C=O) groups excluding carboxylic acids is 1. The Morgan fingerprint density at radius 1 is 1.10 bits per heavy atom. The molecule has 1 heterocycles. The number of hydrogen-bond donors (Lipinski definition) is 2. The van der Waals surface area contributed by atoms with Crippen LogP contribution < -0.4 is 20.5 Å². The second-order valence-electron chi connectivity index (χ2n) is 4.45. The molecule has 20 heavy (non-hydrogen) atoms. The minimum atomic E-state index is -0.707. The molecule has 1 amide bonds. The van der Waals surface area contributed by atoms with Crippen LogP contribution in [0.3, 0.4) is 0 Å². The van der Waals surface area contributed by atoms with Crippen molar-refractivity contribution in [3.63, 3.8) is 0 Å². The van der Waals surface area contributed by atoms with Crippen molar-refractivity contribution in [1.82, 2.24) is 0 Å². The maximum atomic E-state index is 12.1. The highest BCUT2D eigenvalue weighted by atomic mass is 16.7. The van der Waals surface area contributed by atoms with Crippen molar-refractivity contribution in [2.24, 2.45) is 5.73 Å². The fourth-order valence-electron chi connectivity index (χ4n) is 2.01. The van der Waals surface area contributed by atoms with Gasteiger partial charge in [0.25, 0.3) is 0 Å². The summed E-state index contributed by atoms with van der Waals surface area (Å²) in [7, 11) is 0. The third-order valence-corrected chi connectivity index (χ3v) is 3.08. The van der Waals surface area contributed by atoms with Crippen LogP contribution in [0.2, 0.25) is 0 Å². The number of nitrogens with two attached hydrogens (primary N) is 1. The first-order valence-electron chi connectivity index (χ1n) is 6.25. The second-order valence-corrected chi connectivity index (χ2v) is 4.45. The molecule has 5 nitrogen and oxygen atoms in total. The normalized spacial score (nSPS) is 13.8. The van der Waals surface area contributed by atoms with Crippen molar-refractivity contribution in [3.8, 4) is 11.5 Å². The van der Waals surface area contributed by atoms with E-state index in [-0.39, 0.29) is 12.7 Å². The Kier molecular flexibility index (Phi) is 3.26. The standard InChI is InChI=1S/C15H14N2O3/c16-14(10-4-2-1-3-5-10)15(18)17-11-6-7-12-13(8-11)20-9-19-12/h1-8,14H,9,16H2,(H,17,18). The minimum absolute atomic E-state index is 0.205. The average molecular weight is 270 g/mol. The van der Waals surface area contributed by atoms with E-state index in [4.69, 9.17) is 15.2 Å². The van der Waals surface area contributed by atoms with Crippen LogP contribution in [0.4, 0.5) is 5.69 Å². The molecule has 1 aliphatic rings. The number of benzene rings is 2. The molecule has 3 rings (SSSR count). The number of ether oxygens (including phenoxy) is 2. The van der Waals surface area contributed by atoms with Crippen molar-refractivity contribution in [3.05, 3.63) is 54.1 Å². The Labute approximate surface area is 116 Å². The molecule has 0 saturated heterocycles. The van der Waals surface area contributed by atoms with Gasteiger partial charge < -0.3 is 20.5 Å². The number of hydrogen-bond acceptors (Lipinski definition) is 4. The second kappa shape index (κ2) is 5.22. The van der Waals surface area contributed by atoms with Crippen LogP contribution in [0, 0.1) is 0 Å². The number of rotatable bonds is 3. The van der Waals surface area contributed by atoms with Crippen LogP contribution >= 0.6 is 0 Å². The van der Waals surface area contributed by atoms with Crippen molar-refractivity contribution in [2.75, 3.05) is 12.1 Å². The quantitative estimate of drug-likeness (QED) is 0.895. The largest absolute Gasteiger partial charge is 0.454 e. The molecule has 1 unspecified atom stereocenters. The monoisotopic (exact) mass is 270 g/mol. The van der Waals surface area contributed by atoms with E-state index in [0.29, 0.717) is 17.2 Å². The summed E-state index contributed by atoms with van der Waals surface area (Å²) in [6.45, 7) is 0.205. The zero-order valence-corrected chi connectivity index (χ0v) is 10.7. The fourth-order valence-corrected chi connectivity index (χ4v) is 2.01. The number of carbonyl (C=O) groups is 1. The van der Waals surface area contributed by atoms with E-state index < -0.39 is 6.04 Å². The maximum Gasteiger partial charge on any atom is 0.245 e. The lowest BCUT2D eigenvalue weighted by molar-refractivity contribution is -0.117. The first-order valence-corrected chi connectivity index (χ1v) is 6.25. The van der Waals surface area contributed by atoms with Gasteiger partial charge in [-0.05, 0) is 17.7 Å². The molecule has 0 bridgehead atoms. The lowest BCUT2D eigenvalue weighted by Gasteiger charge is -2.12. The molecule has 1 atom stereocenters. The summed E-state index contributed by atoms with van der Waals surface area (Å²) in [6.07, 6.45) is 0. The highest BCUT2D eigenvalue weighted by Gasteiger charge is 2.18. The number of fused-ring (bicyclic) bond motifs is 1. The molecule has 0 aromatic heterocycles. The van der Waals surface area contributed by atoms with E-state index >= 15 is 0 Å².